The van der Waals surface area contributed by atoms with Crippen LogP contribution in [0.15, 0.2) is 45.4 Å². The zero-order chi connectivity index (χ0) is 19.1. The van der Waals surface area contributed by atoms with Crippen molar-refractivity contribution in [2.45, 2.75) is 26.3 Å². The van der Waals surface area contributed by atoms with Gasteiger partial charge in [0.1, 0.15) is 5.58 Å². The predicted octanol–water partition coefficient (Wildman–Crippen LogP) is 3.04. The van der Waals surface area contributed by atoms with Crippen LogP contribution in [0.4, 0.5) is 0 Å². The van der Waals surface area contributed by atoms with Crippen molar-refractivity contribution in [3.05, 3.63) is 42.2 Å². The highest BCUT2D eigenvalue weighted by Crippen LogP contribution is 2.32. The highest BCUT2D eigenvalue weighted by Gasteiger charge is 2.26. The fourth-order valence-electron chi connectivity index (χ4n) is 3.66. The number of hydrogen-bond donors (Lipinski definition) is 1. The molecule has 0 radical (unpaired) electrons. The summed E-state index contributed by atoms with van der Waals surface area (Å²) in [5.41, 5.74) is 2.67. The van der Waals surface area contributed by atoms with Crippen LogP contribution >= 0.6 is 0 Å². The molecule has 1 atom stereocenters. The van der Waals surface area contributed by atoms with Crippen molar-refractivity contribution in [1.82, 2.24) is 25.3 Å². The van der Waals surface area contributed by atoms with Gasteiger partial charge < -0.3 is 14.2 Å². The summed E-state index contributed by atoms with van der Waals surface area (Å²) in [6.07, 6.45) is 3.55. The third-order valence-corrected chi connectivity index (χ3v) is 5.11. The number of rotatable bonds is 4. The van der Waals surface area contributed by atoms with Crippen molar-refractivity contribution in [2.24, 2.45) is 5.92 Å². The Balaban J connectivity index is 1.42. The second-order valence-corrected chi connectivity index (χ2v) is 7.08. The Morgan fingerprint density at radius 3 is 2.96 bits per heavy atom. The smallest absolute Gasteiger partial charge is 0.283 e. The molecule has 1 aliphatic heterocycles. The first-order valence-electron chi connectivity index (χ1n) is 9.29. The van der Waals surface area contributed by atoms with Gasteiger partial charge in [-0.1, -0.05) is 18.2 Å². The van der Waals surface area contributed by atoms with Gasteiger partial charge in [0.2, 0.25) is 5.91 Å². The zero-order valence-electron chi connectivity index (χ0n) is 15.4. The molecule has 28 heavy (non-hydrogen) atoms. The van der Waals surface area contributed by atoms with Crippen molar-refractivity contribution < 1.29 is 13.6 Å². The molecule has 4 heterocycles. The zero-order valence-corrected chi connectivity index (χ0v) is 15.4. The number of carbonyl (C=O) groups excluding carboxylic acids is 1. The van der Waals surface area contributed by atoms with E-state index in [0.717, 1.165) is 41.6 Å². The Morgan fingerprint density at radius 1 is 1.25 bits per heavy atom. The van der Waals surface area contributed by atoms with Gasteiger partial charge in [0.25, 0.3) is 11.8 Å². The van der Waals surface area contributed by atoms with E-state index >= 15 is 0 Å². The molecule has 1 unspecified atom stereocenters. The SMILES string of the molecule is CC(=O)NCC1CCn2ncc(-c3nnc(-c4cc5ccccc5o4)o3)c2C1. The molecule has 0 saturated heterocycles. The Bertz CT molecular complexity index is 1120. The molecule has 0 bridgehead atoms. The molecule has 142 valence electrons. The number of benzene rings is 1. The van der Waals surface area contributed by atoms with Crippen molar-refractivity contribution in [3.63, 3.8) is 0 Å². The van der Waals surface area contributed by atoms with Gasteiger partial charge in [-0.15, -0.1) is 10.2 Å². The van der Waals surface area contributed by atoms with E-state index < -0.39 is 0 Å². The van der Waals surface area contributed by atoms with Crippen LogP contribution in [-0.2, 0) is 17.8 Å². The van der Waals surface area contributed by atoms with Gasteiger partial charge >= 0.3 is 0 Å². The summed E-state index contributed by atoms with van der Waals surface area (Å²) >= 11 is 0. The van der Waals surface area contributed by atoms with Crippen LogP contribution in [0, 0.1) is 5.92 Å². The van der Waals surface area contributed by atoms with Gasteiger partial charge in [0.05, 0.1) is 17.5 Å². The minimum Gasteiger partial charge on any atom is -0.451 e. The Kier molecular flexibility index (Phi) is 3.96. The van der Waals surface area contributed by atoms with Crippen LogP contribution in [-0.4, -0.2) is 32.4 Å². The van der Waals surface area contributed by atoms with Crippen molar-refractivity contribution >= 4 is 16.9 Å². The molecule has 8 heteroatoms. The third kappa shape index (κ3) is 2.96. The Morgan fingerprint density at radius 2 is 2.11 bits per heavy atom. The highest BCUT2D eigenvalue weighted by atomic mass is 16.4. The van der Waals surface area contributed by atoms with E-state index in [-0.39, 0.29) is 5.91 Å². The van der Waals surface area contributed by atoms with Crippen LogP contribution in [0.3, 0.4) is 0 Å². The molecule has 8 nitrogen and oxygen atoms in total. The molecule has 1 aliphatic rings. The number of furan rings is 1. The number of aryl methyl sites for hydroxylation is 1. The van der Waals surface area contributed by atoms with E-state index in [1.54, 1.807) is 6.20 Å². The lowest BCUT2D eigenvalue weighted by Crippen LogP contribution is -2.32. The maximum Gasteiger partial charge on any atom is 0.283 e. The summed E-state index contributed by atoms with van der Waals surface area (Å²) in [6.45, 7) is 3.01. The van der Waals surface area contributed by atoms with Crippen LogP contribution in [0.1, 0.15) is 19.0 Å². The van der Waals surface area contributed by atoms with E-state index in [2.05, 4.69) is 20.6 Å². The lowest BCUT2D eigenvalue weighted by atomic mass is 9.94. The van der Waals surface area contributed by atoms with E-state index in [9.17, 15) is 4.79 Å². The van der Waals surface area contributed by atoms with Gasteiger partial charge in [-0.3, -0.25) is 9.48 Å². The quantitative estimate of drug-likeness (QED) is 0.587. The van der Waals surface area contributed by atoms with E-state index in [0.29, 0.717) is 30.0 Å². The lowest BCUT2D eigenvalue weighted by Gasteiger charge is -2.23. The molecular weight excluding hydrogens is 358 g/mol. The molecule has 0 spiro atoms. The molecule has 5 rings (SSSR count). The van der Waals surface area contributed by atoms with Crippen LogP contribution in [0.2, 0.25) is 0 Å². The maximum absolute atomic E-state index is 11.2. The molecule has 3 aromatic heterocycles. The number of amides is 1. The summed E-state index contributed by atoms with van der Waals surface area (Å²) in [5, 5.41) is 16.7. The molecule has 0 aliphatic carbocycles. The summed E-state index contributed by atoms with van der Waals surface area (Å²) in [7, 11) is 0. The minimum absolute atomic E-state index is 0.00770. The van der Waals surface area contributed by atoms with Crippen LogP contribution in [0.5, 0.6) is 0 Å². The average Bonchev–Trinajstić information content (AvgIpc) is 3.42. The molecule has 0 saturated carbocycles. The normalized spacial score (nSPS) is 16.2. The maximum atomic E-state index is 11.2. The summed E-state index contributed by atoms with van der Waals surface area (Å²) in [6, 6.07) is 9.65. The number of para-hydroxylation sites is 1. The van der Waals surface area contributed by atoms with Crippen LogP contribution < -0.4 is 5.32 Å². The lowest BCUT2D eigenvalue weighted by molar-refractivity contribution is -0.119. The Hall–Kier alpha value is -3.42. The number of carbonyl (C=O) groups is 1. The first kappa shape index (κ1) is 16.7. The highest BCUT2D eigenvalue weighted by molar-refractivity contribution is 5.81. The summed E-state index contributed by atoms with van der Waals surface area (Å²) in [4.78, 5) is 11.2. The number of nitrogens with zero attached hydrogens (tertiary/aromatic N) is 4. The average molecular weight is 377 g/mol. The van der Waals surface area contributed by atoms with E-state index in [1.807, 2.05) is 35.0 Å². The van der Waals surface area contributed by atoms with Gasteiger partial charge in [0.15, 0.2) is 5.76 Å². The molecule has 4 aromatic rings. The second-order valence-electron chi connectivity index (χ2n) is 7.08. The summed E-state index contributed by atoms with van der Waals surface area (Å²) < 4.78 is 13.7. The molecule has 1 aromatic carbocycles. The molecular formula is C20H19N5O3. The molecule has 0 fully saturated rings. The van der Waals surface area contributed by atoms with Crippen LogP contribution in [0.25, 0.3) is 34.1 Å². The van der Waals surface area contributed by atoms with Crippen molar-refractivity contribution in [1.29, 1.82) is 0 Å². The van der Waals surface area contributed by atoms with Gasteiger partial charge in [-0.25, -0.2) is 0 Å². The first-order valence-corrected chi connectivity index (χ1v) is 9.29. The van der Waals surface area contributed by atoms with Crippen molar-refractivity contribution in [3.8, 4) is 23.1 Å². The van der Waals surface area contributed by atoms with Gasteiger partial charge in [-0.05, 0) is 30.9 Å². The van der Waals surface area contributed by atoms with Gasteiger partial charge in [-0.2, -0.15) is 5.10 Å². The monoisotopic (exact) mass is 377 g/mol. The summed E-state index contributed by atoms with van der Waals surface area (Å²) in [5.74, 6) is 1.68. The third-order valence-electron chi connectivity index (χ3n) is 5.11. The van der Waals surface area contributed by atoms with Crippen molar-refractivity contribution in [2.75, 3.05) is 6.54 Å². The predicted molar refractivity (Wildman–Crippen MR) is 101 cm³/mol. The minimum atomic E-state index is -0.00770. The number of hydrogen-bond acceptors (Lipinski definition) is 6. The standard InChI is InChI=1S/C20H19N5O3/c1-12(26)21-10-13-6-7-25-16(8-13)15(11-22-25)19-23-24-20(28-19)18-9-14-4-2-3-5-17(14)27-18/h2-5,9,11,13H,6-8,10H2,1H3,(H,21,26). The first-order chi connectivity index (χ1) is 13.7. The topological polar surface area (TPSA) is 99.0 Å². The molecule has 1 amide bonds. The number of fused-ring (bicyclic) bond motifs is 2. The van der Waals surface area contributed by atoms with E-state index in [1.165, 1.54) is 6.92 Å². The van der Waals surface area contributed by atoms with E-state index in [4.69, 9.17) is 8.83 Å². The molecule has 1 N–H and O–H groups in total. The van der Waals surface area contributed by atoms with Gasteiger partial charge in [0, 0.05) is 25.4 Å². The fourth-order valence-corrected chi connectivity index (χ4v) is 3.66. The Labute approximate surface area is 160 Å². The number of aromatic nitrogens is 4. The largest absolute Gasteiger partial charge is 0.451 e. The fraction of sp³-hybridized carbons (Fsp3) is 0.300. The second kappa shape index (κ2) is 6.63. The number of nitrogens with one attached hydrogen (secondary N) is 1.